The quantitative estimate of drug-likeness (QED) is 0.168. The van der Waals surface area contributed by atoms with E-state index in [-0.39, 0.29) is 0 Å². The maximum atomic E-state index is 4.71. The fraction of sp³-hybridized carbons (Fsp3) is 0. The smallest absolute Gasteiger partial charge is 0.0636 e. The summed E-state index contributed by atoms with van der Waals surface area (Å²) in [4.78, 5) is 28.3. The lowest BCUT2D eigenvalue weighted by Crippen LogP contribution is -1.75. The highest BCUT2D eigenvalue weighted by molar-refractivity contribution is 5.69. The standard InChI is InChI=1S/C42H30N6/c1-7-31-19-37(13-1)43-26-32-8-2-15-39(20-32)45-28-34-10-4-17-41(22-34)47-30-36-12-6-18-42(24-36)48-29-35-11-5-16-40(23-35)46-27-33-9-3-14-38(21-33)44-25-31/h1-30H. The predicted molar refractivity (Wildman–Crippen MR) is 198 cm³/mol. The van der Waals surface area contributed by atoms with Crippen LogP contribution in [0.4, 0.5) is 0 Å². The van der Waals surface area contributed by atoms with Gasteiger partial charge >= 0.3 is 0 Å². The Labute approximate surface area is 277 Å². The van der Waals surface area contributed by atoms with E-state index in [1.165, 1.54) is 0 Å². The van der Waals surface area contributed by atoms with Crippen LogP contribution in [0, 0.1) is 0 Å². The molecule has 0 radical (unpaired) electrons. The number of benzene rings is 6. The first-order valence-electron chi connectivity index (χ1n) is 15.6. The molecule has 0 aliphatic heterocycles. The van der Waals surface area contributed by atoms with Gasteiger partial charge in [0, 0.05) is 37.2 Å². The Morgan fingerprint density at radius 1 is 0.208 bits per heavy atom. The third-order valence-electron chi connectivity index (χ3n) is 7.40. The van der Waals surface area contributed by atoms with Gasteiger partial charge in [-0.3, -0.25) is 29.9 Å². The van der Waals surface area contributed by atoms with Crippen LogP contribution in [0.3, 0.4) is 0 Å². The molecule has 0 saturated heterocycles. The molecular weight excluding hydrogens is 589 g/mol. The molecule has 0 N–H and O–H groups in total. The van der Waals surface area contributed by atoms with Crippen molar-refractivity contribution < 1.29 is 0 Å². The molecule has 6 heteroatoms. The van der Waals surface area contributed by atoms with Crippen molar-refractivity contribution >= 4 is 65.4 Å². The second kappa shape index (κ2) is 14.6. The SMILES string of the molecule is c1cc2cnc3cccc(cnc4cccc(cnc5cccc(cnc6cccc(cnc7cccc(cnc(c1)c2)c7)c6)c5)c4)c3. The number of nitrogens with zero attached hydrogens (tertiary/aromatic N) is 6. The average Bonchev–Trinajstić information content (AvgIpc) is 3.14. The Hall–Kier alpha value is -6.66. The Morgan fingerprint density at radius 3 is 0.542 bits per heavy atom. The van der Waals surface area contributed by atoms with Crippen molar-refractivity contribution in [1.29, 1.82) is 0 Å². The molecule has 0 atom stereocenters. The number of aromatic nitrogens is 6. The molecule has 6 aromatic carbocycles. The normalized spacial score (nSPS) is 10.5. The van der Waals surface area contributed by atoms with Crippen molar-refractivity contribution in [2.45, 2.75) is 0 Å². The van der Waals surface area contributed by atoms with Crippen molar-refractivity contribution in [3.05, 3.63) is 183 Å². The van der Waals surface area contributed by atoms with E-state index in [0.29, 0.717) is 0 Å². The molecule has 0 amide bonds. The van der Waals surface area contributed by atoms with E-state index in [2.05, 4.69) is 0 Å². The second-order valence-corrected chi connectivity index (χ2v) is 11.1. The molecule has 0 unspecified atom stereocenters. The Kier molecular flexibility index (Phi) is 9.15. The van der Waals surface area contributed by atoms with Gasteiger partial charge in [-0.2, -0.15) is 0 Å². The van der Waals surface area contributed by atoms with Crippen LogP contribution >= 0.6 is 0 Å². The van der Waals surface area contributed by atoms with E-state index in [0.717, 1.165) is 65.4 Å². The second-order valence-electron chi connectivity index (χ2n) is 11.1. The minimum atomic E-state index is 0.838. The molecule has 1 heterocycles. The van der Waals surface area contributed by atoms with Crippen LogP contribution in [0.25, 0.3) is 65.4 Å². The van der Waals surface area contributed by atoms with Crippen LogP contribution in [0.5, 0.6) is 0 Å². The van der Waals surface area contributed by atoms with Crippen molar-refractivity contribution in [3.63, 3.8) is 0 Å². The van der Waals surface area contributed by atoms with Gasteiger partial charge in [-0.25, -0.2) is 0 Å². The summed E-state index contributed by atoms with van der Waals surface area (Å²) in [6.45, 7) is 0. The summed E-state index contributed by atoms with van der Waals surface area (Å²) in [6, 6.07) is 47.9. The lowest BCUT2D eigenvalue weighted by Gasteiger charge is -1.92. The monoisotopic (exact) mass is 618 g/mol. The molecule has 48 heavy (non-hydrogen) atoms. The van der Waals surface area contributed by atoms with Crippen molar-refractivity contribution in [2.75, 3.05) is 0 Å². The molecule has 0 fully saturated rings. The lowest BCUT2D eigenvalue weighted by atomic mass is 10.2. The van der Waals surface area contributed by atoms with Gasteiger partial charge in [0.1, 0.15) is 0 Å². The van der Waals surface area contributed by atoms with Gasteiger partial charge in [0.2, 0.25) is 0 Å². The molecule has 0 spiro atoms. The van der Waals surface area contributed by atoms with Gasteiger partial charge in [-0.15, -0.1) is 0 Å². The first-order chi connectivity index (χ1) is 23.7. The molecule has 0 aliphatic rings. The zero-order chi connectivity index (χ0) is 32.4. The van der Waals surface area contributed by atoms with E-state index >= 15 is 0 Å². The first kappa shape index (κ1) is 30.0. The molecule has 0 aliphatic carbocycles. The van der Waals surface area contributed by atoms with Crippen molar-refractivity contribution in [2.24, 2.45) is 0 Å². The minimum Gasteiger partial charge on any atom is -0.256 e. The third-order valence-corrected chi connectivity index (χ3v) is 7.40. The fourth-order valence-electron chi connectivity index (χ4n) is 5.01. The van der Waals surface area contributed by atoms with Crippen LogP contribution in [0.15, 0.2) is 183 Å². The van der Waals surface area contributed by atoms with E-state index in [1.807, 2.05) is 183 Å². The molecular formula is C42H30N6. The number of hydrogen-bond acceptors (Lipinski definition) is 6. The van der Waals surface area contributed by atoms with E-state index in [9.17, 15) is 0 Å². The molecule has 0 saturated carbocycles. The molecule has 7 aromatic rings. The highest BCUT2D eigenvalue weighted by Crippen LogP contribution is 2.10. The van der Waals surface area contributed by atoms with Crippen molar-refractivity contribution in [1.82, 2.24) is 29.9 Å². The average molecular weight is 619 g/mol. The van der Waals surface area contributed by atoms with Crippen LogP contribution in [0.1, 0.15) is 0 Å². The van der Waals surface area contributed by atoms with Crippen LogP contribution in [-0.4, -0.2) is 29.9 Å². The summed E-state index contributed by atoms with van der Waals surface area (Å²) in [6.07, 6.45) is 11.1. The lowest BCUT2D eigenvalue weighted by molar-refractivity contribution is 1.40. The van der Waals surface area contributed by atoms with Gasteiger partial charge in [0.25, 0.3) is 0 Å². The summed E-state index contributed by atoms with van der Waals surface area (Å²) in [7, 11) is 0. The Bertz CT molecular complexity index is 1980. The Balaban J connectivity index is 1.40. The van der Waals surface area contributed by atoms with Gasteiger partial charge in [-0.05, 0) is 105 Å². The Morgan fingerprint density at radius 2 is 0.375 bits per heavy atom. The van der Waals surface area contributed by atoms with Gasteiger partial charge < -0.3 is 0 Å². The minimum absolute atomic E-state index is 0.838. The number of rotatable bonds is 0. The zero-order valence-electron chi connectivity index (χ0n) is 26.0. The summed E-state index contributed by atoms with van der Waals surface area (Å²) in [5.74, 6) is 0. The van der Waals surface area contributed by atoms with Crippen LogP contribution < -0.4 is 0 Å². The van der Waals surface area contributed by atoms with Crippen molar-refractivity contribution in [3.8, 4) is 0 Å². The van der Waals surface area contributed by atoms with Crippen LogP contribution in [-0.2, 0) is 0 Å². The molecule has 12 bridgehead atoms. The van der Waals surface area contributed by atoms with E-state index < -0.39 is 0 Å². The van der Waals surface area contributed by atoms with E-state index in [4.69, 9.17) is 29.9 Å². The largest absolute Gasteiger partial charge is 0.256 e. The maximum absolute atomic E-state index is 4.71. The van der Waals surface area contributed by atoms with Gasteiger partial charge in [0.05, 0.1) is 33.1 Å². The maximum Gasteiger partial charge on any atom is 0.0636 e. The van der Waals surface area contributed by atoms with Gasteiger partial charge in [0.15, 0.2) is 0 Å². The van der Waals surface area contributed by atoms with Crippen LogP contribution in [0.2, 0.25) is 0 Å². The summed E-state index contributed by atoms with van der Waals surface area (Å²) in [5, 5.41) is 5.74. The molecule has 1 aromatic heterocycles. The highest BCUT2D eigenvalue weighted by Gasteiger charge is 1.91. The zero-order valence-corrected chi connectivity index (χ0v) is 26.0. The number of hydrogen-bond donors (Lipinski definition) is 0. The highest BCUT2D eigenvalue weighted by atomic mass is 14.7. The third kappa shape index (κ3) is 8.33. The first-order valence-corrected chi connectivity index (χ1v) is 15.6. The molecule has 7 rings (SSSR count). The summed E-state index contributed by atoms with van der Waals surface area (Å²) in [5.41, 5.74) is 5.03. The summed E-state index contributed by atoms with van der Waals surface area (Å²) < 4.78 is 0. The topological polar surface area (TPSA) is 77.3 Å². The molecule has 228 valence electrons. The van der Waals surface area contributed by atoms with Gasteiger partial charge in [-0.1, -0.05) is 72.8 Å². The summed E-state index contributed by atoms with van der Waals surface area (Å²) >= 11 is 0. The number of fused-ring (bicyclic) bond motifs is 12. The fourth-order valence-corrected chi connectivity index (χ4v) is 5.01. The molecule has 6 nitrogen and oxygen atoms in total. The van der Waals surface area contributed by atoms with E-state index in [1.54, 1.807) is 0 Å². The predicted octanol–water partition coefficient (Wildman–Crippen LogP) is 10.0.